The predicted molar refractivity (Wildman–Crippen MR) is 49.7 cm³/mol. The van der Waals surface area contributed by atoms with Crippen LogP contribution in [-0.2, 0) is 4.74 Å². The van der Waals surface area contributed by atoms with Crippen molar-refractivity contribution in [3.63, 3.8) is 0 Å². The molecule has 2 aliphatic rings. The standard InChI is InChI=1S/C11H16O/c1-8-3-5-10(7-8)11-6-4-9(2)12-11/h10-11H,1-7H2. The molecule has 0 aromatic heterocycles. The third kappa shape index (κ3) is 1.40. The van der Waals surface area contributed by atoms with E-state index < -0.39 is 0 Å². The smallest absolute Gasteiger partial charge is 0.102 e. The summed E-state index contributed by atoms with van der Waals surface area (Å²) >= 11 is 0. The molecule has 0 aromatic rings. The average molecular weight is 164 g/mol. The Hall–Kier alpha value is -0.720. The van der Waals surface area contributed by atoms with Gasteiger partial charge in [-0.1, -0.05) is 18.7 Å². The van der Waals surface area contributed by atoms with Gasteiger partial charge in [-0.25, -0.2) is 0 Å². The number of hydrogen-bond acceptors (Lipinski definition) is 1. The maximum Gasteiger partial charge on any atom is 0.102 e. The Morgan fingerprint density at radius 1 is 1.17 bits per heavy atom. The molecule has 0 bridgehead atoms. The average Bonchev–Trinajstić information content (AvgIpc) is 2.58. The molecule has 12 heavy (non-hydrogen) atoms. The monoisotopic (exact) mass is 164 g/mol. The van der Waals surface area contributed by atoms with Crippen LogP contribution in [0.4, 0.5) is 0 Å². The molecule has 2 atom stereocenters. The third-order valence-corrected chi connectivity index (χ3v) is 2.97. The summed E-state index contributed by atoms with van der Waals surface area (Å²) in [6.07, 6.45) is 6.35. The zero-order valence-electron chi connectivity index (χ0n) is 7.51. The van der Waals surface area contributed by atoms with Crippen LogP contribution in [0.3, 0.4) is 0 Å². The second-order valence-corrected chi connectivity index (χ2v) is 3.99. The lowest BCUT2D eigenvalue weighted by atomic mass is 9.98. The molecule has 0 amide bonds. The Morgan fingerprint density at radius 3 is 2.50 bits per heavy atom. The van der Waals surface area contributed by atoms with Gasteiger partial charge in [0.25, 0.3) is 0 Å². The molecule has 0 spiro atoms. The lowest BCUT2D eigenvalue weighted by Gasteiger charge is -2.16. The summed E-state index contributed by atoms with van der Waals surface area (Å²) < 4.78 is 5.66. The molecule has 0 radical (unpaired) electrons. The molecule has 1 saturated heterocycles. The van der Waals surface area contributed by atoms with E-state index in [2.05, 4.69) is 13.2 Å². The van der Waals surface area contributed by atoms with E-state index in [1.165, 1.54) is 31.3 Å². The normalized spacial score (nSPS) is 35.7. The molecule has 1 aliphatic heterocycles. The number of hydrogen-bond donors (Lipinski definition) is 0. The first kappa shape index (κ1) is 7.90. The van der Waals surface area contributed by atoms with Crippen LogP contribution in [0.15, 0.2) is 24.5 Å². The summed E-state index contributed by atoms with van der Waals surface area (Å²) in [4.78, 5) is 0. The summed E-state index contributed by atoms with van der Waals surface area (Å²) in [5.74, 6) is 1.72. The number of ether oxygens (including phenoxy) is 1. The molecule has 0 N–H and O–H groups in total. The first-order valence-electron chi connectivity index (χ1n) is 4.77. The van der Waals surface area contributed by atoms with E-state index >= 15 is 0 Å². The Balaban J connectivity index is 1.93. The molecule has 1 aliphatic carbocycles. The highest BCUT2D eigenvalue weighted by atomic mass is 16.5. The zero-order valence-corrected chi connectivity index (χ0v) is 7.51. The van der Waals surface area contributed by atoms with E-state index in [1.54, 1.807) is 0 Å². The third-order valence-electron chi connectivity index (χ3n) is 2.97. The number of allylic oxidation sites excluding steroid dienone is 2. The van der Waals surface area contributed by atoms with E-state index in [0.29, 0.717) is 6.10 Å². The van der Waals surface area contributed by atoms with E-state index in [-0.39, 0.29) is 0 Å². The molecule has 0 aromatic carbocycles. The molecular weight excluding hydrogens is 148 g/mol. The maximum atomic E-state index is 5.66. The largest absolute Gasteiger partial charge is 0.495 e. The van der Waals surface area contributed by atoms with Crippen molar-refractivity contribution in [2.75, 3.05) is 0 Å². The molecule has 66 valence electrons. The van der Waals surface area contributed by atoms with Gasteiger partial charge in [0, 0.05) is 6.42 Å². The Labute approximate surface area is 74.1 Å². The molecule has 1 heteroatoms. The predicted octanol–water partition coefficient (Wildman–Crippen LogP) is 3.04. The van der Waals surface area contributed by atoms with Crippen molar-refractivity contribution < 1.29 is 4.74 Å². The lowest BCUT2D eigenvalue weighted by molar-refractivity contribution is 0.106. The van der Waals surface area contributed by atoms with Gasteiger partial charge in [-0.2, -0.15) is 0 Å². The van der Waals surface area contributed by atoms with Gasteiger partial charge in [-0.3, -0.25) is 0 Å². The van der Waals surface area contributed by atoms with Crippen LogP contribution in [0.1, 0.15) is 32.1 Å². The first-order valence-corrected chi connectivity index (χ1v) is 4.77. The fourth-order valence-electron chi connectivity index (χ4n) is 2.25. The summed E-state index contributed by atoms with van der Waals surface area (Å²) in [6, 6.07) is 0. The van der Waals surface area contributed by atoms with Gasteiger partial charge in [-0.05, 0) is 31.6 Å². The lowest BCUT2D eigenvalue weighted by Crippen LogP contribution is -2.15. The van der Waals surface area contributed by atoms with Crippen LogP contribution in [0.2, 0.25) is 0 Å². The van der Waals surface area contributed by atoms with Crippen molar-refractivity contribution >= 4 is 0 Å². The highest BCUT2D eigenvalue weighted by Crippen LogP contribution is 2.38. The van der Waals surface area contributed by atoms with Crippen molar-refractivity contribution in [1.82, 2.24) is 0 Å². The van der Waals surface area contributed by atoms with Crippen LogP contribution in [0, 0.1) is 5.92 Å². The van der Waals surface area contributed by atoms with Crippen LogP contribution in [-0.4, -0.2) is 6.10 Å². The van der Waals surface area contributed by atoms with Crippen molar-refractivity contribution in [2.45, 2.75) is 38.2 Å². The van der Waals surface area contributed by atoms with Crippen molar-refractivity contribution in [3.05, 3.63) is 24.5 Å². The topological polar surface area (TPSA) is 9.23 Å². The summed E-state index contributed by atoms with van der Waals surface area (Å²) in [5.41, 5.74) is 1.40. The second kappa shape index (κ2) is 2.96. The van der Waals surface area contributed by atoms with E-state index in [1.807, 2.05) is 0 Å². The fraction of sp³-hybridized carbons (Fsp3) is 0.636. The highest BCUT2D eigenvalue weighted by Gasteiger charge is 2.31. The van der Waals surface area contributed by atoms with Crippen molar-refractivity contribution in [1.29, 1.82) is 0 Å². The number of rotatable bonds is 1. The van der Waals surface area contributed by atoms with Gasteiger partial charge in [0.2, 0.25) is 0 Å². The molecular formula is C11H16O. The maximum absolute atomic E-state index is 5.66. The Kier molecular flexibility index (Phi) is 1.95. The second-order valence-electron chi connectivity index (χ2n) is 3.99. The van der Waals surface area contributed by atoms with Gasteiger partial charge in [0.05, 0.1) is 5.76 Å². The molecule has 2 fully saturated rings. The van der Waals surface area contributed by atoms with Gasteiger partial charge < -0.3 is 4.74 Å². The van der Waals surface area contributed by atoms with Gasteiger partial charge in [0.1, 0.15) is 6.10 Å². The van der Waals surface area contributed by atoms with E-state index in [9.17, 15) is 0 Å². The molecule has 1 heterocycles. The van der Waals surface area contributed by atoms with Crippen LogP contribution >= 0.6 is 0 Å². The fourth-order valence-corrected chi connectivity index (χ4v) is 2.25. The van der Waals surface area contributed by atoms with Gasteiger partial charge >= 0.3 is 0 Å². The molecule has 2 unspecified atom stereocenters. The van der Waals surface area contributed by atoms with Crippen LogP contribution in [0.25, 0.3) is 0 Å². The van der Waals surface area contributed by atoms with Crippen molar-refractivity contribution in [2.24, 2.45) is 5.92 Å². The van der Waals surface area contributed by atoms with Gasteiger partial charge in [-0.15, -0.1) is 0 Å². The SMILES string of the molecule is C=C1CCC(C2CCC(=C)O2)C1. The molecule has 1 nitrogen and oxygen atoms in total. The molecule has 1 saturated carbocycles. The Bertz CT molecular complexity index is 193. The molecule has 2 rings (SSSR count). The van der Waals surface area contributed by atoms with Crippen LogP contribution < -0.4 is 0 Å². The first-order chi connectivity index (χ1) is 5.75. The minimum absolute atomic E-state index is 0.455. The van der Waals surface area contributed by atoms with Gasteiger partial charge in [0.15, 0.2) is 0 Å². The Morgan fingerprint density at radius 2 is 2.00 bits per heavy atom. The van der Waals surface area contributed by atoms with Crippen LogP contribution in [0.5, 0.6) is 0 Å². The summed E-state index contributed by atoms with van der Waals surface area (Å²) in [7, 11) is 0. The van der Waals surface area contributed by atoms with Crippen molar-refractivity contribution in [3.8, 4) is 0 Å². The quantitative estimate of drug-likeness (QED) is 0.541. The zero-order chi connectivity index (χ0) is 8.55. The minimum Gasteiger partial charge on any atom is -0.495 e. The highest BCUT2D eigenvalue weighted by molar-refractivity contribution is 5.06. The van der Waals surface area contributed by atoms with E-state index in [4.69, 9.17) is 4.74 Å². The minimum atomic E-state index is 0.455. The summed E-state index contributed by atoms with van der Waals surface area (Å²) in [5, 5.41) is 0. The van der Waals surface area contributed by atoms with E-state index in [0.717, 1.165) is 18.1 Å². The summed E-state index contributed by atoms with van der Waals surface area (Å²) in [6.45, 7) is 7.87.